The second-order valence-corrected chi connectivity index (χ2v) is 6.41. The van der Waals surface area contributed by atoms with Crippen LogP contribution in [0.3, 0.4) is 0 Å². The molecule has 0 fully saturated rings. The maximum atomic E-state index is 13.8. The van der Waals surface area contributed by atoms with Crippen LogP contribution in [0.4, 0.5) is 15.2 Å². The highest BCUT2D eigenvalue weighted by molar-refractivity contribution is 7.93. The first kappa shape index (κ1) is 14.1. The van der Waals surface area contributed by atoms with Gasteiger partial charge in [0, 0.05) is 17.3 Å². The quantitative estimate of drug-likeness (QED) is 0.842. The van der Waals surface area contributed by atoms with Crippen molar-refractivity contribution in [1.82, 2.24) is 4.98 Å². The van der Waals surface area contributed by atoms with Gasteiger partial charge in [0.15, 0.2) is 5.13 Å². The van der Waals surface area contributed by atoms with Crippen LogP contribution in [0, 0.1) is 5.82 Å². The lowest BCUT2D eigenvalue weighted by Crippen LogP contribution is -2.14. The van der Waals surface area contributed by atoms with Crippen molar-refractivity contribution in [3.05, 3.63) is 34.5 Å². The van der Waals surface area contributed by atoms with Crippen LogP contribution in [0.1, 0.15) is 0 Å². The number of halogens is 2. The predicted molar refractivity (Wildman–Crippen MR) is 76.5 cm³/mol. The molecule has 0 spiro atoms. The fourth-order valence-electron chi connectivity index (χ4n) is 1.37. The van der Waals surface area contributed by atoms with Crippen LogP contribution in [0.2, 0.25) is 5.02 Å². The lowest BCUT2D eigenvalue weighted by atomic mass is 10.2. The third-order valence-electron chi connectivity index (χ3n) is 2.23. The number of hydrogen-bond acceptors (Lipinski definition) is 5. The van der Waals surface area contributed by atoms with Gasteiger partial charge in [-0.3, -0.25) is 4.72 Å². The summed E-state index contributed by atoms with van der Waals surface area (Å²) in [6.45, 7) is 0. The highest BCUT2D eigenvalue weighted by Gasteiger charge is 2.22. The van der Waals surface area contributed by atoms with Crippen LogP contribution >= 0.6 is 22.9 Å². The number of sulfonamides is 1. The Kier molecular flexibility index (Phi) is 3.97. The number of hydrogen-bond donors (Lipinski definition) is 2. The molecule has 0 bridgehead atoms. The standard InChI is InChI=1S/C9H8BClFN3O2S2/c10-14-7-4-6(12)8(3-5(7)11)19(16,17)15-9-13-1-2-18-9/h1-4,14H,10H2,(H,13,15). The Hall–Kier alpha value is -1.32. The molecule has 2 aromatic rings. The van der Waals surface area contributed by atoms with E-state index in [2.05, 4.69) is 14.9 Å². The average Bonchev–Trinajstić information content (AvgIpc) is 2.83. The summed E-state index contributed by atoms with van der Waals surface area (Å²) in [5.74, 6) is -0.891. The molecule has 0 amide bonds. The van der Waals surface area contributed by atoms with Gasteiger partial charge in [-0.15, -0.1) is 11.3 Å². The van der Waals surface area contributed by atoms with Crippen molar-refractivity contribution in [2.24, 2.45) is 0 Å². The number of benzene rings is 1. The summed E-state index contributed by atoms with van der Waals surface area (Å²) in [6, 6.07) is 2.08. The molecule has 0 aliphatic carbocycles. The van der Waals surface area contributed by atoms with Crippen LogP contribution in [-0.2, 0) is 10.0 Å². The Morgan fingerprint density at radius 3 is 2.74 bits per heavy atom. The number of thiazole rings is 1. The van der Waals surface area contributed by atoms with Crippen molar-refractivity contribution >= 4 is 51.8 Å². The van der Waals surface area contributed by atoms with Crippen molar-refractivity contribution in [3.8, 4) is 0 Å². The van der Waals surface area contributed by atoms with Crippen LogP contribution in [0.25, 0.3) is 0 Å². The Balaban J connectivity index is 2.43. The molecule has 0 saturated heterocycles. The largest absolute Gasteiger partial charge is 0.433 e. The molecule has 2 rings (SSSR count). The minimum Gasteiger partial charge on any atom is -0.433 e. The molecule has 0 saturated carbocycles. The van der Waals surface area contributed by atoms with Gasteiger partial charge in [0.25, 0.3) is 10.0 Å². The minimum atomic E-state index is -4.05. The normalized spacial score (nSPS) is 11.3. The van der Waals surface area contributed by atoms with E-state index in [4.69, 9.17) is 11.6 Å². The molecule has 2 N–H and O–H groups in total. The van der Waals surface area contributed by atoms with Crippen molar-refractivity contribution in [2.75, 3.05) is 9.95 Å². The fraction of sp³-hybridized carbons (Fsp3) is 0. The summed E-state index contributed by atoms with van der Waals surface area (Å²) in [5, 5.41) is 4.54. The van der Waals surface area contributed by atoms with E-state index in [-0.39, 0.29) is 10.2 Å². The number of nitrogens with zero attached hydrogens (tertiary/aromatic N) is 1. The van der Waals surface area contributed by atoms with E-state index in [1.54, 1.807) is 13.4 Å². The minimum absolute atomic E-state index is 0.114. The van der Waals surface area contributed by atoms with Crippen LogP contribution in [0.15, 0.2) is 28.6 Å². The summed E-state index contributed by atoms with van der Waals surface area (Å²) >= 11 is 6.95. The van der Waals surface area contributed by atoms with Crippen molar-refractivity contribution in [1.29, 1.82) is 0 Å². The predicted octanol–water partition coefficient (Wildman–Crippen LogP) is 1.70. The number of aromatic nitrogens is 1. The zero-order valence-corrected chi connectivity index (χ0v) is 12.0. The molecular formula is C9H8BClFN3O2S2. The van der Waals surface area contributed by atoms with Gasteiger partial charge in [0.05, 0.1) is 5.02 Å². The molecular weight excluding hydrogens is 312 g/mol. The van der Waals surface area contributed by atoms with Crippen LogP contribution in [-0.4, -0.2) is 21.4 Å². The molecule has 1 aromatic heterocycles. The number of nitrogens with one attached hydrogen (secondary N) is 2. The summed E-state index contributed by atoms with van der Waals surface area (Å²) in [6.07, 6.45) is 1.44. The monoisotopic (exact) mass is 319 g/mol. The Bertz CT molecular complexity index is 694. The lowest BCUT2D eigenvalue weighted by molar-refractivity contribution is 0.571. The van der Waals surface area contributed by atoms with Gasteiger partial charge < -0.3 is 5.23 Å². The maximum absolute atomic E-state index is 13.8. The van der Waals surface area contributed by atoms with Crippen molar-refractivity contribution < 1.29 is 12.8 Å². The Morgan fingerprint density at radius 2 is 2.16 bits per heavy atom. The van der Waals surface area contributed by atoms with Gasteiger partial charge >= 0.3 is 0 Å². The first-order chi connectivity index (χ1) is 8.94. The number of rotatable bonds is 4. The highest BCUT2D eigenvalue weighted by Crippen LogP contribution is 2.28. The highest BCUT2D eigenvalue weighted by atomic mass is 35.5. The molecule has 0 aliphatic heterocycles. The van der Waals surface area contributed by atoms with Gasteiger partial charge in [0.2, 0.25) is 7.98 Å². The molecule has 1 heterocycles. The SMILES string of the molecule is BNc1cc(F)c(S(=O)(=O)Nc2nccs2)cc1Cl. The lowest BCUT2D eigenvalue weighted by Gasteiger charge is -2.09. The van der Waals surface area contributed by atoms with E-state index in [0.29, 0.717) is 5.69 Å². The molecule has 10 heteroatoms. The summed E-state index contributed by atoms with van der Waals surface area (Å²) in [5.41, 5.74) is 0.312. The second-order valence-electron chi connectivity index (χ2n) is 3.46. The summed E-state index contributed by atoms with van der Waals surface area (Å²) in [7, 11) is -2.49. The third kappa shape index (κ3) is 2.99. The zero-order chi connectivity index (χ0) is 14.0. The Morgan fingerprint density at radius 1 is 1.42 bits per heavy atom. The van der Waals surface area contributed by atoms with E-state index in [1.165, 1.54) is 6.20 Å². The van der Waals surface area contributed by atoms with Crippen LogP contribution in [0.5, 0.6) is 0 Å². The first-order valence-electron chi connectivity index (χ1n) is 5.03. The fourth-order valence-corrected chi connectivity index (χ4v) is 3.57. The molecule has 100 valence electrons. The zero-order valence-electron chi connectivity index (χ0n) is 9.65. The first-order valence-corrected chi connectivity index (χ1v) is 7.77. The van der Waals surface area contributed by atoms with Crippen LogP contribution < -0.4 is 9.95 Å². The van der Waals surface area contributed by atoms with Crippen molar-refractivity contribution in [2.45, 2.75) is 4.90 Å². The molecule has 0 unspecified atom stereocenters. The molecule has 0 radical (unpaired) electrons. The summed E-state index contributed by atoms with van der Waals surface area (Å²) < 4.78 is 40.0. The molecule has 19 heavy (non-hydrogen) atoms. The van der Waals surface area contributed by atoms with Gasteiger partial charge in [-0.25, -0.2) is 17.8 Å². The van der Waals surface area contributed by atoms with E-state index in [9.17, 15) is 12.8 Å². The smallest absolute Gasteiger partial charge is 0.266 e. The van der Waals surface area contributed by atoms with Gasteiger partial charge in [-0.1, -0.05) is 11.6 Å². The molecule has 0 atom stereocenters. The maximum Gasteiger partial charge on any atom is 0.266 e. The van der Waals surface area contributed by atoms with Gasteiger partial charge in [-0.05, 0) is 12.1 Å². The van der Waals surface area contributed by atoms with E-state index in [1.807, 2.05) is 0 Å². The molecule has 5 nitrogen and oxygen atoms in total. The Labute approximate surface area is 119 Å². The topological polar surface area (TPSA) is 71.1 Å². The van der Waals surface area contributed by atoms with E-state index >= 15 is 0 Å². The molecule has 1 aromatic carbocycles. The van der Waals surface area contributed by atoms with Gasteiger partial charge in [-0.2, -0.15) is 0 Å². The third-order valence-corrected chi connectivity index (χ3v) is 4.72. The average molecular weight is 320 g/mol. The van der Waals surface area contributed by atoms with E-state index in [0.717, 1.165) is 23.5 Å². The van der Waals surface area contributed by atoms with Gasteiger partial charge in [0.1, 0.15) is 10.7 Å². The second kappa shape index (κ2) is 5.36. The van der Waals surface area contributed by atoms with Crippen molar-refractivity contribution in [3.63, 3.8) is 0 Å². The summed E-state index contributed by atoms with van der Waals surface area (Å²) in [4.78, 5) is 3.25. The van der Waals surface area contributed by atoms with E-state index < -0.39 is 20.7 Å². The molecule has 0 aliphatic rings. The number of anilines is 2.